The van der Waals surface area contributed by atoms with Gasteiger partial charge in [0, 0.05) is 22.7 Å². The summed E-state index contributed by atoms with van der Waals surface area (Å²) in [6.45, 7) is 11.9. The highest BCUT2D eigenvalue weighted by molar-refractivity contribution is 7.59. The molecule has 0 saturated carbocycles. The normalized spacial score (nSPS) is 11.4. The molecule has 0 saturated heterocycles. The van der Waals surface area contributed by atoms with Crippen molar-refractivity contribution in [1.29, 1.82) is 0 Å². The molecule has 0 radical (unpaired) electrons. The van der Waals surface area contributed by atoms with Gasteiger partial charge in [-0.05, 0) is 37.6 Å². The zero-order valence-corrected chi connectivity index (χ0v) is 21.6. The van der Waals surface area contributed by atoms with Crippen LogP contribution in [-0.2, 0) is 31.4 Å². The molecule has 0 bridgehead atoms. The number of nitrogens with zero attached hydrogens (tertiary/aromatic N) is 1. The topological polar surface area (TPSA) is 170 Å². The van der Waals surface area contributed by atoms with Crippen molar-refractivity contribution >= 4 is 44.1 Å². The summed E-state index contributed by atoms with van der Waals surface area (Å²) in [7, 11) is -6.22. The van der Waals surface area contributed by atoms with Gasteiger partial charge >= 0.3 is 21.2 Å². The number of carbonyl (C=O) groups is 1. The summed E-state index contributed by atoms with van der Waals surface area (Å²) in [6, 6.07) is 18.0. The Morgan fingerprint density at radius 1 is 0.886 bits per heavy atom. The van der Waals surface area contributed by atoms with Crippen molar-refractivity contribution in [1.82, 2.24) is 0 Å². The predicted octanol–water partition coefficient (Wildman–Crippen LogP) is 3.90. The number of fused-ring (bicyclic) bond motifs is 1. The van der Waals surface area contributed by atoms with Gasteiger partial charge in [0.05, 0.1) is 5.69 Å². The van der Waals surface area contributed by atoms with Gasteiger partial charge in [-0.1, -0.05) is 71.5 Å². The molecule has 1 aliphatic heterocycles. The number of nitrogens with two attached hydrogens (primary N) is 1. The number of hydrazine groups is 1. The fourth-order valence-electron chi connectivity index (χ4n) is 2.15. The monoisotopic (exact) mass is 529 g/mol. The number of benzene rings is 2. The van der Waals surface area contributed by atoms with E-state index in [0.717, 1.165) is 11.4 Å². The van der Waals surface area contributed by atoms with Crippen LogP contribution in [0, 0.1) is 5.92 Å². The van der Waals surface area contributed by atoms with Gasteiger partial charge in [0.25, 0.3) is 0 Å². The lowest BCUT2D eigenvalue weighted by molar-refractivity contribution is -0.119. The van der Waals surface area contributed by atoms with Gasteiger partial charge in [-0.25, -0.2) is 0 Å². The highest BCUT2D eigenvalue weighted by atomic mass is 32.2. The first-order valence-corrected chi connectivity index (χ1v) is 11.9. The number of hydrogen-bond donors (Lipinski definition) is 2. The van der Waals surface area contributed by atoms with E-state index in [9.17, 15) is 4.79 Å². The minimum atomic E-state index is -3.11. The SMILES string of the molecule is C.CC(=O)C(C)C.CC1=Nc2ccccc2C1(C)C.NNc1ccccc1.O=S(=O)=O.O=S(=O)=O. The van der Waals surface area contributed by atoms with Crippen molar-refractivity contribution < 1.29 is 30.0 Å². The molecule has 196 valence electrons. The van der Waals surface area contributed by atoms with Gasteiger partial charge in [-0.2, -0.15) is 0 Å². The summed E-state index contributed by atoms with van der Waals surface area (Å²) >= 11 is 0. The quantitative estimate of drug-likeness (QED) is 0.432. The van der Waals surface area contributed by atoms with Gasteiger partial charge in [0.15, 0.2) is 0 Å². The van der Waals surface area contributed by atoms with Crippen LogP contribution in [0.2, 0.25) is 0 Å². The van der Waals surface area contributed by atoms with E-state index in [-0.39, 0.29) is 24.5 Å². The van der Waals surface area contributed by atoms with E-state index < -0.39 is 21.2 Å². The molecule has 0 amide bonds. The van der Waals surface area contributed by atoms with E-state index in [1.807, 2.05) is 50.2 Å². The molecule has 0 fully saturated rings. The smallest absolute Gasteiger partial charge is 0.324 e. The van der Waals surface area contributed by atoms with Crippen molar-refractivity contribution in [2.24, 2.45) is 16.8 Å². The number of ketones is 1. The average Bonchev–Trinajstić information content (AvgIpc) is 2.97. The second-order valence-corrected chi connectivity index (χ2v) is 8.34. The molecule has 0 aromatic heterocycles. The van der Waals surface area contributed by atoms with Crippen LogP contribution >= 0.6 is 0 Å². The van der Waals surface area contributed by atoms with Gasteiger partial charge < -0.3 is 5.43 Å². The summed E-state index contributed by atoms with van der Waals surface area (Å²) < 4.78 is 50.7. The van der Waals surface area contributed by atoms with Crippen LogP contribution < -0.4 is 11.3 Å². The number of carbonyl (C=O) groups excluding carboxylic acids is 1. The molecule has 35 heavy (non-hydrogen) atoms. The van der Waals surface area contributed by atoms with Crippen LogP contribution in [0.1, 0.15) is 54.5 Å². The first-order chi connectivity index (χ1) is 15.7. The number of aliphatic imine (C=N–C) groups is 1. The van der Waals surface area contributed by atoms with Gasteiger partial charge in [-0.3, -0.25) is 15.6 Å². The number of hydrogen-bond acceptors (Lipinski definition) is 10. The number of anilines is 1. The summed E-state index contributed by atoms with van der Waals surface area (Å²) in [4.78, 5) is 14.7. The molecule has 2 aromatic carbocycles. The van der Waals surface area contributed by atoms with Crippen molar-refractivity contribution in [3.8, 4) is 0 Å². The minimum Gasteiger partial charge on any atom is -0.324 e. The van der Waals surface area contributed by atoms with Gasteiger partial charge in [0.2, 0.25) is 0 Å². The molecular formula is C23H35N3O7S2. The van der Waals surface area contributed by atoms with E-state index in [1.54, 1.807) is 6.92 Å². The summed E-state index contributed by atoms with van der Waals surface area (Å²) in [5.74, 6) is 5.57. The van der Waals surface area contributed by atoms with Crippen LogP contribution in [-0.4, -0.2) is 36.7 Å². The van der Waals surface area contributed by atoms with Crippen LogP contribution in [0.3, 0.4) is 0 Å². The molecule has 0 aliphatic carbocycles. The molecule has 2 aromatic rings. The number of nitrogen functional groups attached to an aromatic ring is 1. The fourth-order valence-corrected chi connectivity index (χ4v) is 2.15. The van der Waals surface area contributed by atoms with E-state index in [0.29, 0.717) is 0 Å². The number of nitrogens with one attached hydrogen (secondary N) is 1. The highest BCUT2D eigenvalue weighted by Gasteiger charge is 2.31. The standard InChI is InChI=1S/C11H13N.C6H8N2.C5H10O.CH4.2O3S/c1-8-11(2,3)9-6-4-5-7-10(9)12-8;7-8-6-4-2-1-3-5-6;1-4(2)5(3)6;;2*1-4(2)3/h4-7H,1-3H3;1-5,8H,7H2;4H,1-3H3;1H4;;. The van der Waals surface area contributed by atoms with E-state index in [1.165, 1.54) is 11.3 Å². The van der Waals surface area contributed by atoms with E-state index >= 15 is 0 Å². The van der Waals surface area contributed by atoms with Crippen LogP contribution in [0.25, 0.3) is 0 Å². The largest absolute Gasteiger partial charge is 0.425 e. The highest BCUT2D eigenvalue weighted by Crippen LogP contribution is 2.39. The van der Waals surface area contributed by atoms with Crippen LogP contribution in [0.5, 0.6) is 0 Å². The third-order valence-electron chi connectivity index (χ3n) is 4.52. The molecule has 12 heteroatoms. The number of Topliss-reactive ketones (excluding diaryl/α,β-unsaturated/α-hetero) is 1. The van der Waals surface area contributed by atoms with E-state index in [4.69, 9.17) is 31.1 Å². The molecule has 0 unspecified atom stereocenters. The lowest BCUT2D eigenvalue weighted by atomic mass is 9.82. The Bertz CT molecular complexity index is 1100. The second-order valence-electron chi connectivity index (χ2n) is 7.52. The Morgan fingerprint density at radius 2 is 1.26 bits per heavy atom. The van der Waals surface area contributed by atoms with Crippen molar-refractivity contribution in [2.75, 3.05) is 5.43 Å². The zero-order valence-electron chi connectivity index (χ0n) is 20.0. The number of para-hydroxylation sites is 2. The van der Waals surface area contributed by atoms with Crippen molar-refractivity contribution in [3.63, 3.8) is 0 Å². The second kappa shape index (κ2) is 19.1. The third kappa shape index (κ3) is 17.9. The summed E-state index contributed by atoms with van der Waals surface area (Å²) in [5.41, 5.74) is 7.30. The van der Waals surface area contributed by atoms with Crippen molar-refractivity contribution in [2.45, 2.75) is 54.4 Å². The lowest BCUT2D eigenvalue weighted by Crippen LogP contribution is -2.22. The molecule has 3 N–H and O–H groups in total. The summed E-state index contributed by atoms with van der Waals surface area (Å²) in [6.07, 6.45) is 0. The third-order valence-corrected chi connectivity index (χ3v) is 4.52. The maximum Gasteiger partial charge on any atom is 0.425 e. The van der Waals surface area contributed by atoms with Gasteiger partial charge in [-0.15, -0.1) is 25.3 Å². The molecule has 1 aliphatic rings. The molecule has 0 atom stereocenters. The first kappa shape index (κ1) is 36.4. The predicted molar refractivity (Wildman–Crippen MR) is 138 cm³/mol. The minimum absolute atomic E-state index is 0. The molecule has 3 rings (SSSR count). The summed E-state index contributed by atoms with van der Waals surface area (Å²) in [5, 5.41) is 0. The van der Waals surface area contributed by atoms with E-state index in [2.05, 4.69) is 49.4 Å². The molecule has 0 spiro atoms. The van der Waals surface area contributed by atoms with Crippen LogP contribution in [0.4, 0.5) is 11.4 Å². The fraction of sp³-hybridized carbons (Fsp3) is 0.391. The van der Waals surface area contributed by atoms with Gasteiger partial charge in [0.1, 0.15) is 5.78 Å². The van der Waals surface area contributed by atoms with Crippen molar-refractivity contribution in [3.05, 3.63) is 60.2 Å². The Hall–Kier alpha value is -3.22. The Kier molecular flexibility index (Phi) is 19.9. The first-order valence-electron chi connectivity index (χ1n) is 9.87. The average molecular weight is 530 g/mol. The Labute approximate surface area is 210 Å². The Balaban J connectivity index is -0.000000393. The Morgan fingerprint density at radius 3 is 1.57 bits per heavy atom. The maximum absolute atomic E-state index is 10.1. The maximum atomic E-state index is 10.1. The molecular weight excluding hydrogens is 494 g/mol. The van der Waals surface area contributed by atoms with Crippen LogP contribution in [0.15, 0.2) is 59.6 Å². The number of rotatable bonds is 2. The zero-order chi connectivity index (χ0) is 26.9. The molecule has 10 nitrogen and oxygen atoms in total. The molecule has 1 heterocycles. The lowest BCUT2D eigenvalue weighted by Gasteiger charge is -2.19.